The van der Waals surface area contributed by atoms with Gasteiger partial charge in [-0.15, -0.1) is 12.4 Å². The van der Waals surface area contributed by atoms with Gasteiger partial charge < -0.3 is 10.6 Å². The van der Waals surface area contributed by atoms with Crippen molar-refractivity contribution in [2.45, 2.75) is 32.6 Å². The fourth-order valence-electron chi connectivity index (χ4n) is 2.17. The first-order valence-electron chi connectivity index (χ1n) is 7.21. The lowest BCUT2D eigenvalue weighted by Gasteiger charge is -2.27. The molecule has 0 aliphatic carbocycles. The van der Waals surface area contributed by atoms with Crippen LogP contribution in [0.15, 0.2) is 24.3 Å². The molecule has 2 N–H and O–H groups in total. The summed E-state index contributed by atoms with van der Waals surface area (Å²) < 4.78 is 0. The lowest BCUT2D eigenvalue weighted by Crippen LogP contribution is -2.48. The maximum atomic E-state index is 11.7. The second-order valence-electron chi connectivity index (χ2n) is 5.72. The number of nitrogens with one attached hydrogen (secondary N) is 2. The zero-order valence-corrected chi connectivity index (χ0v) is 13.1. The fourth-order valence-corrected chi connectivity index (χ4v) is 2.17. The minimum atomic E-state index is 0. The topological polar surface area (TPSA) is 41.1 Å². The van der Waals surface area contributed by atoms with Gasteiger partial charge in [-0.1, -0.05) is 38.1 Å². The summed E-state index contributed by atoms with van der Waals surface area (Å²) >= 11 is 0. The largest absolute Gasteiger partial charge is 0.356 e. The first-order chi connectivity index (χ1) is 9.15. The Labute approximate surface area is 127 Å². The molecule has 1 heterocycles. The molecule has 0 aromatic heterocycles. The third kappa shape index (κ3) is 5.14. The first-order valence-corrected chi connectivity index (χ1v) is 7.21. The van der Waals surface area contributed by atoms with Crippen molar-refractivity contribution in [3.8, 4) is 0 Å². The molecule has 2 rings (SSSR count). The highest BCUT2D eigenvalue weighted by Gasteiger charge is 2.16. The van der Waals surface area contributed by atoms with E-state index in [0.717, 1.165) is 26.1 Å². The molecule has 1 aromatic rings. The minimum absolute atomic E-state index is 0. The van der Waals surface area contributed by atoms with Gasteiger partial charge in [0.1, 0.15) is 0 Å². The van der Waals surface area contributed by atoms with E-state index in [4.69, 9.17) is 0 Å². The number of benzene rings is 1. The van der Waals surface area contributed by atoms with E-state index in [1.807, 2.05) is 0 Å². The number of amides is 1. The van der Waals surface area contributed by atoms with Crippen LogP contribution >= 0.6 is 12.4 Å². The van der Waals surface area contributed by atoms with E-state index < -0.39 is 0 Å². The monoisotopic (exact) mass is 296 g/mol. The van der Waals surface area contributed by atoms with Crippen LogP contribution in [0.3, 0.4) is 0 Å². The molecule has 1 aliphatic rings. The normalized spacial score (nSPS) is 14.6. The van der Waals surface area contributed by atoms with Crippen LogP contribution in [-0.4, -0.2) is 25.5 Å². The summed E-state index contributed by atoms with van der Waals surface area (Å²) in [6.07, 6.45) is 1.41. The molecule has 1 saturated heterocycles. The average Bonchev–Trinajstić information content (AvgIpc) is 2.35. The van der Waals surface area contributed by atoms with Gasteiger partial charge in [-0.3, -0.25) is 4.79 Å². The second kappa shape index (κ2) is 8.28. The molecule has 0 saturated carbocycles. The number of halogens is 1. The van der Waals surface area contributed by atoms with Gasteiger partial charge in [0.15, 0.2) is 0 Å². The quantitative estimate of drug-likeness (QED) is 0.847. The third-order valence-electron chi connectivity index (χ3n) is 3.74. The summed E-state index contributed by atoms with van der Waals surface area (Å²) in [6, 6.07) is 8.60. The highest BCUT2D eigenvalue weighted by atomic mass is 35.5. The SMILES string of the molecule is CC(C)c1ccc(CCC(=O)NCC2CNC2)cc1.Cl. The highest BCUT2D eigenvalue weighted by molar-refractivity contribution is 5.85. The lowest BCUT2D eigenvalue weighted by molar-refractivity contribution is -0.121. The van der Waals surface area contributed by atoms with E-state index in [1.54, 1.807) is 0 Å². The Morgan fingerprint density at radius 2 is 1.95 bits per heavy atom. The Bertz CT molecular complexity index is 413. The van der Waals surface area contributed by atoms with Crippen LogP contribution < -0.4 is 10.6 Å². The van der Waals surface area contributed by atoms with E-state index in [2.05, 4.69) is 48.7 Å². The number of hydrogen-bond acceptors (Lipinski definition) is 2. The predicted octanol–water partition coefficient (Wildman–Crippen LogP) is 2.50. The predicted molar refractivity (Wildman–Crippen MR) is 85.5 cm³/mol. The molecule has 112 valence electrons. The van der Waals surface area contributed by atoms with E-state index in [9.17, 15) is 4.79 Å². The Morgan fingerprint density at radius 3 is 2.45 bits per heavy atom. The van der Waals surface area contributed by atoms with Crippen molar-refractivity contribution < 1.29 is 4.79 Å². The van der Waals surface area contributed by atoms with Crippen LogP contribution in [0, 0.1) is 5.92 Å². The van der Waals surface area contributed by atoms with Crippen LogP contribution in [-0.2, 0) is 11.2 Å². The number of hydrogen-bond donors (Lipinski definition) is 2. The summed E-state index contributed by atoms with van der Waals surface area (Å²) in [7, 11) is 0. The van der Waals surface area contributed by atoms with E-state index >= 15 is 0 Å². The Kier molecular flexibility index (Phi) is 7.03. The zero-order valence-electron chi connectivity index (χ0n) is 12.3. The van der Waals surface area contributed by atoms with Crippen molar-refractivity contribution in [2.75, 3.05) is 19.6 Å². The Hall–Kier alpha value is -1.06. The molecule has 0 bridgehead atoms. The first kappa shape index (κ1) is 17.0. The van der Waals surface area contributed by atoms with Gasteiger partial charge in [-0.05, 0) is 23.5 Å². The van der Waals surface area contributed by atoms with Crippen LogP contribution in [0.1, 0.15) is 37.3 Å². The summed E-state index contributed by atoms with van der Waals surface area (Å²) in [4.78, 5) is 11.7. The van der Waals surface area contributed by atoms with E-state index in [1.165, 1.54) is 11.1 Å². The van der Waals surface area contributed by atoms with Gasteiger partial charge in [-0.25, -0.2) is 0 Å². The number of aryl methyl sites for hydroxylation is 1. The van der Waals surface area contributed by atoms with Crippen molar-refractivity contribution in [1.82, 2.24) is 10.6 Å². The molecule has 20 heavy (non-hydrogen) atoms. The molecule has 0 unspecified atom stereocenters. The van der Waals surface area contributed by atoms with Gasteiger partial charge in [0.25, 0.3) is 0 Å². The van der Waals surface area contributed by atoms with Crippen molar-refractivity contribution in [1.29, 1.82) is 0 Å². The minimum Gasteiger partial charge on any atom is -0.356 e. The molecule has 1 fully saturated rings. The van der Waals surface area contributed by atoms with Gasteiger partial charge in [-0.2, -0.15) is 0 Å². The Morgan fingerprint density at radius 1 is 1.30 bits per heavy atom. The van der Waals surface area contributed by atoms with Gasteiger partial charge in [0.05, 0.1) is 0 Å². The van der Waals surface area contributed by atoms with Crippen LogP contribution in [0.25, 0.3) is 0 Å². The van der Waals surface area contributed by atoms with Crippen LogP contribution in [0.2, 0.25) is 0 Å². The second-order valence-corrected chi connectivity index (χ2v) is 5.72. The molecular formula is C16H25ClN2O. The summed E-state index contributed by atoms with van der Waals surface area (Å²) in [5.41, 5.74) is 2.59. The molecule has 0 spiro atoms. The van der Waals surface area contributed by atoms with Crippen molar-refractivity contribution >= 4 is 18.3 Å². The summed E-state index contributed by atoms with van der Waals surface area (Å²) in [5, 5.41) is 6.21. The third-order valence-corrected chi connectivity index (χ3v) is 3.74. The zero-order chi connectivity index (χ0) is 13.7. The van der Waals surface area contributed by atoms with Gasteiger partial charge in [0.2, 0.25) is 5.91 Å². The highest BCUT2D eigenvalue weighted by Crippen LogP contribution is 2.15. The Balaban J connectivity index is 0.00000200. The smallest absolute Gasteiger partial charge is 0.220 e. The van der Waals surface area contributed by atoms with E-state index in [-0.39, 0.29) is 18.3 Å². The molecule has 3 nitrogen and oxygen atoms in total. The summed E-state index contributed by atoms with van der Waals surface area (Å²) in [5.74, 6) is 1.36. The van der Waals surface area contributed by atoms with Crippen molar-refractivity contribution in [3.05, 3.63) is 35.4 Å². The molecule has 0 atom stereocenters. The molecule has 0 radical (unpaired) electrons. The standard InChI is InChI=1S/C16H24N2O.ClH/c1-12(2)15-6-3-13(4-7-15)5-8-16(19)18-11-14-9-17-10-14;/h3-4,6-7,12,14,17H,5,8-11H2,1-2H3,(H,18,19);1H. The molecular weight excluding hydrogens is 272 g/mol. The van der Waals surface area contributed by atoms with E-state index in [0.29, 0.717) is 18.3 Å². The number of rotatable bonds is 6. The fraction of sp³-hybridized carbons (Fsp3) is 0.562. The molecule has 1 amide bonds. The molecule has 1 aliphatic heterocycles. The lowest BCUT2D eigenvalue weighted by atomic mass is 10.00. The number of carbonyl (C=O) groups excluding carboxylic acids is 1. The van der Waals surface area contributed by atoms with Gasteiger partial charge >= 0.3 is 0 Å². The molecule has 1 aromatic carbocycles. The maximum absolute atomic E-state index is 11.7. The summed E-state index contributed by atoms with van der Waals surface area (Å²) in [6.45, 7) is 7.28. The maximum Gasteiger partial charge on any atom is 0.220 e. The van der Waals surface area contributed by atoms with Crippen LogP contribution in [0.5, 0.6) is 0 Å². The average molecular weight is 297 g/mol. The molecule has 4 heteroatoms. The van der Waals surface area contributed by atoms with Gasteiger partial charge in [0, 0.05) is 32.0 Å². The van der Waals surface area contributed by atoms with Crippen molar-refractivity contribution in [2.24, 2.45) is 5.92 Å². The van der Waals surface area contributed by atoms with Crippen molar-refractivity contribution in [3.63, 3.8) is 0 Å². The van der Waals surface area contributed by atoms with Crippen LogP contribution in [0.4, 0.5) is 0 Å². The number of carbonyl (C=O) groups is 1.